The molecule has 0 aromatic carbocycles. The van der Waals surface area contributed by atoms with Crippen molar-refractivity contribution in [1.82, 2.24) is 14.5 Å². The van der Waals surface area contributed by atoms with Crippen molar-refractivity contribution in [3.8, 4) is 0 Å². The van der Waals surface area contributed by atoms with E-state index in [0.717, 1.165) is 57.1 Å². The van der Waals surface area contributed by atoms with Crippen molar-refractivity contribution in [3.63, 3.8) is 0 Å². The molecular formula is C23H41N3O. The van der Waals surface area contributed by atoms with E-state index in [9.17, 15) is 4.79 Å². The van der Waals surface area contributed by atoms with Crippen LogP contribution in [0.25, 0.3) is 0 Å². The van der Waals surface area contributed by atoms with Gasteiger partial charge in [0, 0.05) is 38.4 Å². The summed E-state index contributed by atoms with van der Waals surface area (Å²) in [6.45, 7) is 7.31. The van der Waals surface area contributed by atoms with Crippen LogP contribution in [0.2, 0.25) is 0 Å². The summed E-state index contributed by atoms with van der Waals surface area (Å²) in [6, 6.07) is 0. The zero-order valence-electron chi connectivity index (χ0n) is 17.8. The molecule has 0 atom stereocenters. The van der Waals surface area contributed by atoms with Gasteiger partial charge in [-0.15, -0.1) is 0 Å². The lowest BCUT2D eigenvalue weighted by molar-refractivity contribution is -0.132. The van der Waals surface area contributed by atoms with Crippen molar-refractivity contribution in [3.05, 3.63) is 18.2 Å². The predicted molar refractivity (Wildman–Crippen MR) is 113 cm³/mol. The van der Waals surface area contributed by atoms with Crippen molar-refractivity contribution in [2.24, 2.45) is 5.92 Å². The maximum Gasteiger partial charge on any atom is 0.222 e. The van der Waals surface area contributed by atoms with Crippen LogP contribution in [0.5, 0.6) is 0 Å². The van der Waals surface area contributed by atoms with E-state index >= 15 is 0 Å². The second-order valence-electron chi connectivity index (χ2n) is 8.36. The van der Waals surface area contributed by atoms with Crippen molar-refractivity contribution < 1.29 is 4.79 Å². The molecule has 1 aliphatic rings. The number of carbonyl (C=O) groups excluding carboxylic acids is 1. The number of nitrogens with zero attached hydrogens (tertiary/aromatic N) is 3. The number of piperidine rings is 1. The minimum atomic E-state index is 0.391. The van der Waals surface area contributed by atoms with Gasteiger partial charge in [-0.3, -0.25) is 4.79 Å². The Bertz CT molecular complexity index is 517. The lowest BCUT2D eigenvalue weighted by atomic mass is 9.93. The van der Waals surface area contributed by atoms with Crippen LogP contribution in [0.1, 0.15) is 96.2 Å². The van der Waals surface area contributed by atoms with Gasteiger partial charge >= 0.3 is 0 Å². The monoisotopic (exact) mass is 375 g/mol. The van der Waals surface area contributed by atoms with Crippen LogP contribution in [0.15, 0.2) is 12.4 Å². The highest BCUT2D eigenvalue weighted by Crippen LogP contribution is 2.22. The number of likely N-dealkylation sites (tertiary alicyclic amines) is 1. The van der Waals surface area contributed by atoms with Gasteiger partial charge in [0.25, 0.3) is 0 Å². The Morgan fingerprint density at radius 1 is 1.04 bits per heavy atom. The van der Waals surface area contributed by atoms with Gasteiger partial charge in [-0.25, -0.2) is 4.98 Å². The number of rotatable bonds is 13. The fourth-order valence-electron chi connectivity index (χ4n) is 4.18. The number of amides is 1. The van der Waals surface area contributed by atoms with Gasteiger partial charge in [0.05, 0.1) is 0 Å². The van der Waals surface area contributed by atoms with E-state index < -0.39 is 0 Å². The second-order valence-corrected chi connectivity index (χ2v) is 8.36. The van der Waals surface area contributed by atoms with Crippen molar-refractivity contribution in [1.29, 1.82) is 0 Å². The first-order valence-electron chi connectivity index (χ1n) is 11.5. The van der Waals surface area contributed by atoms with Gasteiger partial charge in [0.15, 0.2) is 0 Å². The van der Waals surface area contributed by atoms with Crippen LogP contribution < -0.4 is 0 Å². The summed E-state index contributed by atoms with van der Waals surface area (Å²) in [5.74, 6) is 2.24. The highest BCUT2D eigenvalue weighted by atomic mass is 16.2. The predicted octanol–water partition coefficient (Wildman–Crippen LogP) is 5.74. The molecule has 0 unspecified atom stereocenters. The number of unbranched alkanes of at least 4 members (excludes halogenated alkanes) is 8. The van der Waals surface area contributed by atoms with Gasteiger partial charge in [-0.1, -0.05) is 58.3 Å². The van der Waals surface area contributed by atoms with Crippen molar-refractivity contribution >= 4 is 5.91 Å². The van der Waals surface area contributed by atoms with E-state index in [2.05, 4.69) is 34.5 Å². The Hall–Kier alpha value is -1.32. The Kier molecular flexibility index (Phi) is 10.5. The van der Waals surface area contributed by atoms with Crippen LogP contribution in [0.4, 0.5) is 0 Å². The Morgan fingerprint density at radius 3 is 2.26 bits per heavy atom. The molecular weight excluding hydrogens is 334 g/mol. The zero-order chi connectivity index (χ0) is 19.3. The third-order valence-electron chi connectivity index (χ3n) is 6.16. The molecule has 2 rings (SSSR count). The normalized spacial score (nSPS) is 15.4. The number of imidazole rings is 1. The molecule has 2 heterocycles. The van der Waals surface area contributed by atoms with Crippen LogP contribution in [-0.4, -0.2) is 33.4 Å². The summed E-state index contributed by atoms with van der Waals surface area (Å²) in [5, 5.41) is 0. The average molecular weight is 376 g/mol. The summed E-state index contributed by atoms with van der Waals surface area (Å²) in [7, 11) is 0. The standard InChI is InChI=1S/C23H41N3O/c1-3-4-5-6-7-8-9-10-11-12-23(27)26-18-14-22(15-19-26)13-17-25-20-16-24-21(25)2/h16,20,22H,3-15,17-19H2,1-2H3. The minimum absolute atomic E-state index is 0.391. The summed E-state index contributed by atoms with van der Waals surface area (Å²) in [5.41, 5.74) is 0. The summed E-state index contributed by atoms with van der Waals surface area (Å²) >= 11 is 0. The molecule has 0 radical (unpaired) electrons. The smallest absolute Gasteiger partial charge is 0.222 e. The molecule has 0 bridgehead atoms. The average Bonchev–Trinajstić information content (AvgIpc) is 3.10. The number of hydrogen-bond acceptors (Lipinski definition) is 2. The van der Waals surface area contributed by atoms with Crippen LogP contribution in [0, 0.1) is 12.8 Å². The van der Waals surface area contributed by atoms with Crippen LogP contribution in [-0.2, 0) is 11.3 Å². The highest BCUT2D eigenvalue weighted by molar-refractivity contribution is 5.76. The number of aromatic nitrogens is 2. The topological polar surface area (TPSA) is 38.1 Å². The molecule has 0 saturated carbocycles. The first-order valence-corrected chi connectivity index (χ1v) is 11.5. The largest absolute Gasteiger partial charge is 0.343 e. The fraction of sp³-hybridized carbons (Fsp3) is 0.826. The van der Waals surface area contributed by atoms with Crippen molar-refractivity contribution in [2.75, 3.05) is 13.1 Å². The van der Waals surface area contributed by atoms with E-state index in [1.165, 1.54) is 57.8 Å². The third-order valence-corrected chi connectivity index (χ3v) is 6.16. The molecule has 4 heteroatoms. The number of aryl methyl sites for hydroxylation is 2. The number of carbonyl (C=O) groups is 1. The Balaban J connectivity index is 1.48. The lowest BCUT2D eigenvalue weighted by Crippen LogP contribution is -2.38. The first kappa shape index (κ1) is 22.0. The van der Waals surface area contributed by atoms with Gasteiger partial charge in [0.1, 0.15) is 5.82 Å². The van der Waals surface area contributed by atoms with E-state index in [1.54, 1.807) is 0 Å². The van der Waals surface area contributed by atoms with E-state index in [4.69, 9.17) is 0 Å². The summed E-state index contributed by atoms with van der Waals surface area (Å²) in [6.07, 6.45) is 20.1. The van der Waals surface area contributed by atoms with Crippen molar-refractivity contribution in [2.45, 2.75) is 104 Å². The highest BCUT2D eigenvalue weighted by Gasteiger charge is 2.22. The third kappa shape index (κ3) is 8.49. The van der Waals surface area contributed by atoms with Gasteiger partial charge in [-0.2, -0.15) is 0 Å². The molecule has 1 amide bonds. The molecule has 1 aromatic heterocycles. The Morgan fingerprint density at radius 2 is 1.67 bits per heavy atom. The zero-order valence-corrected chi connectivity index (χ0v) is 17.8. The molecule has 1 saturated heterocycles. The minimum Gasteiger partial charge on any atom is -0.343 e. The van der Waals surface area contributed by atoms with Gasteiger partial charge < -0.3 is 9.47 Å². The lowest BCUT2D eigenvalue weighted by Gasteiger charge is -2.32. The van der Waals surface area contributed by atoms with Crippen LogP contribution in [0.3, 0.4) is 0 Å². The SMILES string of the molecule is CCCCCCCCCCCC(=O)N1CCC(CCn2ccnc2C)CC1. The quantitative estimate of drug-likeness (QED) is 0.412. The molecule has 0 aliphatic carbocycles. The fourth-order valence-corrected chi connectivity index (χ4v) is 4.18. The maximum absolute atomic E-state index is 12.4. The molecule has 0 spiro atoms. The van der Waals surface area contributed by atoms with Gasteiger partial charge in [-0.05, 0) is 38.5 Å². The van der Waals surface area contributed by atoms with Gasteiger partial charge in [0.2, 0.25) is 5.91 Å². The van der Waals surface area contributed by atoms with E-state index in [-0.39, 0.29) is 0 Å². The molecule has 27 heavy (non-hydrogen) atoms. The molecule has 1 aromatic rings. The molecule has 4 nitrogen and oxygen atoms in total. The first-order chi connectivity index (χ1) is 13.2. The van der Waals surface area contributed by atoms with E-state index in [1.807, 2.05) is 6.20 Å². The molecule has 1 aliphatic heterocycles. The molecule has 154 valence electrons. The Labute approximate surface area is 166 Å². The summed E-state index contributed by atoms with van der Waals surface area (Å²) in [4.78, 5) is 18.8. The van der Waals surface area contributed by atoms with Crippen LogP contribution >= 0.6 is 0 Å². The maximum atomic E-state index is 12.4. The molecule has 1 fully saturated rings. The number of hydrogen-bond donors (Lipinski definition) is 0. The summed E-state index contributed by atoms with van der Waals surface area (Å²) < 4.78 is 2.24. The molecule has 0 N–H and O–H groups in total. The second kappa shape index (κ2) is 13.0. The van der Waals surface area contributed by atoms with E-state index in [0.29, 0.717) is 5.91 Å².